The third-order valence-electron chi connectivity index (χ3n) is 3.93. The van der Waals surface area contributed by atoms with E-state index in [2.05, 4.69) is 14.9 Å². The molecular formula is C16H17N3O2. The Hall–Kier alpha value is -2.14. The molecule has 0 spiro atoms. The number of hydrogen-bond acceptors (Lipinski definition) is 5. The number of nitrogens with zero attached hydrogens (tertiary/aromatic N) is 3. The molecule has 0 unspecified atom stereocenters. The molecule has 0 saturated carbocycles. The van der Waals surface area contributed by atoms with Crippen molar-refractivity contribution in [2.75, 3.05) is 25.1 Å². The number of fused-ring (bicyclic) bond motifs is 3. The number of rotatable bonds is 3. The monoisotopic (exact) mass is 283 g/mol. The summed E-state index contributed by atoms with van der Waals surface area (Å²) in [5, 5.41) is 1.03. The molecule has 0 N–H and O–H groups in total. The molecule has 0 bridgehead atoms. The lowest BCUT2D eigenvalue weighted by Gasteiger charge is -2.16. The molecule has 3 heterocycles. The molecule has 0 radical (unpaired) electrons. The smallest absolute Gasteiger partial charge is 0.196 e. The van der Waals surface area contributed by atoms with Gasteiger partial charge in [-0.15, -0.1) is 0 Å². The lowest BCUT2D eigenvalue weighted by atomic mass is 10.2. The van der Waals surface area contributed by atoms with Crippen molar-refractivity contribution < 1.29 is 9.15 Å². The number of ether oxygens (including phenoxy) is 1. The zero-order valence-electron chi connectivity index (χ0n) is 12.0. The van der Waals surface area contributed by atoms with E-state index in [1.165, 1.54) is 12.8 Å². The van der Waals surface area contributed by atoms with Crippen LogP contribution in [0.3, 0.4) is 0 Å². The lowest BCUT2D eigenvalue weighted by Crippen LogP contribution is -2.20. The Morgan fingerprint density at radius 2 is 2.00 bits per heavy atom. The van der Waals surface area contributed by atoms with Crippen LogP contribution < -0.4 is 4.90 Å². The summed E-state index contributed by atoms with van der Waals surface area (Å²) in [5.74, 6) is 1.61. The van der Waals surface area contributed by atoms with Gasteiger partial charge >= 0.3 is 0 Å². The van der Waals surface area contributed by atoms with Crippen molar-refractivity contribution in [1.82, 2.24) is 9.97 Å². The van der Waals surface area contributed by atoms with Gasteiger partial charge in [0.05, 0.1) is 0 Å². The fraction of sp³-hybridized carbons (Fsp3) is 0.375. The molecule has 1 aliphatic rings. The summed E-state index contributed by atoms with van der Waals surface area (Å²) in [4.78, 5) is 11.6. The van der Waals surface area contributed by atoms with Gasteiger partial charge in [-0.05, 0) is 25.0 Å². The third kappa shape index (κ3) is 2.05. The second-order valence-corrected chi connectivity index (χ2v) is 5.37. The van der Waals surface area contributed by atoms with Crippen molar-refractivity contribution in [3.63, 3.8) is 0 Å². The highest BCUT2D eigenvalue weighted by Gasteiger charge is 2.22. The van der Waals surface area contributed by atoms with Crippen LogP contribution in [0.25, 0.3) is 22.1 Å². The van der Waals surface area contributed by atoms with E-state index in [-0.39, 0.29) is 0 Å². The van der Waals surface area contributed by atoms with Crippen molar-refractivity contribution in [3.8, 4) is 0 Å². The van der Waals surface area contributed by atoms with E-state index in [0.717, 1.165) is 41.0 Å². The summed E-state index contributed by atoms with van der Waals surface area (Å²) in [6, 6.07) is 7.99. The number of furan rings is 1. The van der Waals surface area contributed by atoms with Crippen LogP contribution in [0.2, 0.25) is 0 Å². The van der Waals surface area contributed by atoms with Gasteiger partial charge in [0.2, 0.25) is 0 Å². The Labute approximate surface area is 122 Å². The van der Waals surface area contributed by atoms with E-state index >= 15 is 0 Å². The fourth-order valence-corrected chi connectivity index (χ4v) is 2.96. The zero-order chi connectivity index (χ0) is 14.2. The molecule has 4 rings (SSSR count). The first-order valence-corrected chi connectivity index (χ1v) is 7.29. The average molecular weight is 283 g/mol. The van der Waals surface area contributed by atoms with Crippen LogP contribution in [0.1, 0.15) is 18.7 Å². The van der Waals surface area contributed by atoms with E-state index in [4.69, 9.17) is 9.15 Å². The standard InChI is InChI=1S/C16H17N3O2/c1-20-10-13-17-14-11-6-2-3-7-12(11)21-15(14)16(18-13)19-8-4-5-9-19/h2-3,6-7H,4-5,8-10H2,1H3. The maximum atomic E-state index is 6.02. The highest BCUT2D eigenvalue weighted by atomic mass is 16.5. The largest absolute Gasteiger partial charge is 0.450 e. The molecule has 0 amide bonds. The van der Waals surface area contributed by atoms with Crippen molar-refractivity contribution in [3.05, 3.63) is 30.1 Å². The minimum atomic E-state index is 0.413. The Morgan fingerprint density at radius 1 is 1.19 bits per heavy atom. The summed E-state index contributed by atoms with van der Waals surface area (Å²) in [7, 11) is 1.66. The van der Waals surface area contributed by atoms with Crippen LogP contribution in [-0.4, -0.2) is 30.2 Å². The quantitative estimate of drug-likeness (QED) is 0.739. The number of anilines is 1. The molecular weight excluding hydrogens is 266 g/mol. The molecule has 0 aliphatic carbocycles. The van der Waals surface area contributed by atoms with E-state index in [1.807, 2.05) is 24.3 Å². The minimum absolute atomic E-state index is 0.413. The maximum Gasteiger partial charge on any atom is 0.196 e. The first kappa shape index (κ1) is 12.6. The van der Waals surface area contributed by atoms with Crippen molar-refractivity contribution in [1.29, 1.82) is 0 Å². The van der Waals surface area contributed by atoms with Gasteiger partial charge in [-0.3, -0.25) is 0 Å². The second kappa shape index (κ2) is 5.00. The van der Waals surface area contributed by atoms with E-state index < -0.39 is 0 Å². The first-order valence-electron chi connectivity index (χ1n) is 7.29. The van der Waals surface area contributed by atoms with Gasteiger partial charge in [-0.25, -0.2) is 9.97 Å². The van der Waals surface area contributed by atoms with Crippen molar-refractivity contribution in [2.45, 2.75) is 19.4 Å². The molecule has 1 aliphatic heterocycles. The van der Waals surface area contributed by atoms with Crippen LogP contribution in [0, 0.1) is 0 Å². The molecule has 108 valence electrons. The highest BCUT2D eigenvalue weighted by molar-refractivity contribution is 6.05. The summed E-state index contributed by atoms with van der Waals surface area (Å²) in [6.45, 7) is 2.46. The Kier molecular flexibility index (Phi) is 3.00. The Bertz CT molecular complexity index is 791. The van der Waals surface area contributed by atoms with Gasteiger partial charge in [-0.1, -0.05) is 12.1 Å². The number of aromatic nitrogens is 2. The predicted octanol–water partition coefficient (Wildman–Crippen LogP) is 3.12. The van der Waals surface area contributed by atoms with Gasteiger partial charge in [-0.2, -0.15) is 0 Å². The first-order chi connectivity index (χ1) is 10.4. The maximum absolute atomic E-state index is 6.02. The molecule has 1 fully saturated rings. The molecule has 1 aromatic carbocycles. The molecule has 1 saturated heterocycles. The minimum Gasteiger partial charge on any atom is -0.450 e. The predicted molar refractivity (Wildman–Crippen MR) is 81.5 cm³/mol. The van der Waals surface area contributed by atoms with Crippen molar-refractivity contribution in [2.24, 2.45) is 0 Å². The van der Waals surface area contributed by atoms with Gasteiger partial charge in [0, 0.05) is 25.6 Å². The number of para-hydroxylation sites is 1. The van der Waals surface area contributed by atoms with E-state index in [9.17, 15) is 0 Å². The van der Waals surface area contributed by atoms with Crippen LogP contribution in [0.4, 0.5) is 5.82 Å². The zero-order valence-corrected chi connectivity index (χ0v) is 12.0. The van der Waals surface area contributed by atoms with Gasteiger partial charge in [0.1, 0.15) is 17.7 Å². The fourth-order valence-electron chi connectivity index (χ4n) is 2.96. The average Bonchev–Trinajstić information content (AvgIpc) is 3.14. The summed E-state index contributed by atoms with van der Waals surface area (Å²) in [5.41, 5.74) is 2.53. The van der Waals surface area contributed by atoms with Gasteiger partial charge in [0.15, 0.2) is 17.2 Å². The Balaban J connectivity index is 2.00. The number of benzene rings is 1. The second-order valence-electron chi connectivity index (χ2n) is 5.37. The number of hydrogen-bond donors (Lipinski definition) is 0. The Morgan fingerprint density at radius 3 is 2.81 bits per heavy atom. The molecule has 5 heteroatoms. The highest BCUT2D eigenvalue weighted by Crippen LogP contribution is 2.34. The van der Waals surface area contributed by atoms with E-state index in [0.29, 0.717) is 12.4 Å². The van der Waals surface area contributed by atoms with Crippen LogP contribution in [-0.2, 0) is 11.3 Å². The SMILES string of the molecule is COCc1nc(N2CCCC2)c2oc3ccccc3c2n1. The molecule has 5 nitrogen and oxygen atoms in total. The molecule has 0 atom stereocenters. The summed E-state index contributed by atoms with van der Waals surface area (Å²) >= 11 is 0. The lowest BCUT2D eigenvalue weighted by molar-refractivity contribution is 0.178. The molecule has 3 aromatic rings. The summed E-state index contributed by atoms with van der Waals surface area (Å²) < 4.78 is 11.2. The van der Waals surface area contributed by atoms with Crippen LogP contribution in [0.15, 0.2) is 28.7 Å². The molecule has 2 aromatic heterocycles. The van der Waals surface area contributed by atoms with Gasteiger partial charge < -0.3 is 14.1 Å². The van der Waals surface area contributed by atoms with Crippen LogP contribution in [0.5, 0.6) is 0 Å². The van der Waals surface area contributed by atoms with Gasteiger partial charge in [0.25, 0.3) is 0 Å². The topological polar surface area (TPSA) is 51.4 Å². The van der Waals surface area contributed by atoms with Crippen molar-refractivity contribution >= 4 is 27.9 Å². The summed E-state index contributed by atoms with van der Waals surface area (Å²) in [6.07, 6.45) is 2.40. The van der Waals surface area contributed by atoms with E-state index in [1.54, 1.807) is 7.11 Å². The third-order valence-corrected chi connectivity index (χ3v) is 3.93. The number of methoxy groups -OCH3 is 1. The molecule has 21 heavy (non-hydrogen) atoms. The normalized spacial score (nSPS) is 15.4. The van der Waals surface area contributed by atoms with Crippen LogP contribution >= 0.6 is 0 Å².